The quantitative estimate of drug-likeness (QED) is 0.751. The Balaban J connectivity index is 1.74. The summed E-state index contributed by atoms with van der Waals surface area (Å²) < 4.78 is 0. The number of nitrogens with one attached hydrogen (secondary N) is 3. The SMILES string of the molecule is CC1=CNC=C(C)N1Nc1ncc(C(=O)Nc2c(C)cc(C)cc2C)s1. The Morgan fingerprint density at radius 3 is 2.31 bits per heavy atom. The Kier molecular flexibility index (Phi) is 4.99. The first-order valence-electron chi connectivity index (χ1n) is 8.36. The molecule has 0 radical (unpaired) electrons. The lowest BCUT2D eigenvalue weighted by Gasteiger charge is -2.28. The number of carbonyl (C=O) groups is 1. The van der Waals surface area contributed by atoms with Crippen LogP contribution >= 0.6 is 11.3 Å². The molecule has 7 heteroatoms. The normalized spacial score (nSPS) is 13.7. The van der Waals surface area contributed by atoms with Gasteiger partial charge < -0.3 is 10.6 Å². The fraction of sp³-hybridized carbons (Fsp3) is 0.263. The lowest BCUT2D eigenvalue weighted by Crippen LogP contribution is -2.30. The molecule has 3 N–H and O–H groups in total. The van der Waals surface area contributed by atoms with Crippen molar-refractivity contribution in [3.05, 3.63) is 63.7 Å². The monoisotopic (exact) mass is 369 g/mol. The van der Waals surface area contributed by atoms with Crippen molar-refractivity contribution in [2.45, 2.75) is 34.6 Å². The van der Waals surface area contributed by atoms with Crippen LogP contribution in [0.15, 0.2) is 42.1 Å². The summed E-state index contributed by atoms with van der Waals surface area (Å²) in [5.41, 5.74) is 9.42. The highest BCUT2D eigenvalue weighted by atomic mass is 32.1. The zero-order valence-corrected chi connectivity index (χ0v) is 16.4. The minimum atomic E-state index is -0.148. The third-order valence-corrected chi connectivity index (χ3v) is 5.04. The summed E-state index contributed by atoms with van der Waals surface area (Å²) in [6.45, 7) is 10.0. The van der Waals surface area contributed by atoms with Crippen molar-refractivity contribution in [2.75, 3.05) is 10.7 Å². The molecule has 6 nitrogen and oxygen atoms in total. The van der Waals surface area contributed by atoms with Gasteiger partial charge in [0.1, 0.15) is 4.88 Å². The zero-order valence-electron chi connectivity index (χ0n) is 15.6. The van der Waals surface area contributed by atoms with E-state index in [2.05, 4.69) is 40.1 Å². The molecule has 0 saturated heterocycles. The molecular formula is C19H23N5OS. The van der Waals surface area contributed by atoms with Gasteiger partial charge in [-0.1, -0.05) is 29.0 Å². The van der Waals surface area contributed by atoms with E-state index in [9.17, 15) is 4.79 Å². The van der Waals surface area contributed by atoms with Crippen LogP contribution in [0.25, 0.3) is 0 Å². The van der Waals surface area contributed by atoms with Crippen LogP contribution < -0.4 is 16.1 Å². The van der Waals surface area contributed by atoms with Crippen LogP contribution in [-0.2, 0) is 0 Å². The van der Waals surface area contributed by atoms with E-state index in [0.717, 1.165) is 28.2 Å². The molecule has 2 aromatic rings. The van der Waals surface area contributed by atoms with Crippen LogP contribution in [0.5, 0.6) is 0 Å². The molecular weight excluding hydrogens is 346 g/mol. The molecule has 0 aliphatic carbocycles. The number of rotatable bonds is 4. The summed E-state index contributed by atoms with van der Waals surface area (Å²) in [6, 6.07) is 4.13. The smallest absolute Gasteiger partial charge is 0.267 e. The summed E-state index contributed by atoms with van der Waals surface area (Å²) in [7, 11) is 0. The summed E-state index contributed by atoms with van der Waals surface area (Å²) >= 11 is 1.32. The Labute approximate surface area is 157 Å². The fourth-order valence-electron chi connectivity index (χ4n) is 2.95. The topological polar surface area (TPSA) is 69.3 Å². The molecule has 1 aliphatic rings. The Morgan fingerprint density at radius 1 is 1.08 bits per heavy atom. The first kappa shape index (κ1) is 18.0. The molecule has 1 amide bonds. The van der Waals surface area contributed by atoms with Gasteiger partial charge in [0.2, 0.25) is 5.13 Å². The van der Waals surface area contributed by atoms with Crippen LogP contribution in [0.4, 0.5) is 10.8 Å². The first-order chi connectivity index (χ1) is 12.3. The van der Waals surface area contributed by atoms with Crippen molar-refractivity contribution in [3.63, 3.8) is 0 Å². The van der Waals surface area contributed by atoms with Gasteiger partial charge in [0.05, 0.1) is 17.6 Å². The van der Waals surface area contributed by atoms with Gasteiger partial charge in [0.15, 0.2) is 0 Å². The molecule has 26 heavy (non-hydrogen) atoms. The van der Waals surface area contributed by atoms with E-state index >= 15 is 0 Å². The zero-order chi connectivity index (χ0) is 18.8. The molecule has 2 heterocycles. The van der Waals surface area contributed by atoms with Gasteiger partial charge in [0, 0.05) is 18.1 Å². The minimum absolute atomic E-state index is 0.148. The van der Waals surface area contributed by atoms with E-state index in [-0.39, 0.29) is 5.91 Å². The lowest BCUT2D eigenvalue weighted by molar-refractivity contribution is 0.103. The largest absolute Gasteiger partial charge is 0.365 e. The Bertz CT molecular complexity index is 871. The Hall–Kier alpha value is -2.80. The van der Waals surface area contributed by atoms with Gasteiger partial charge in [-0.05, 0) is 45.7 Å². The van der Waals surface area contributed by atoms with Gasteiger partial charge in [-0.3, -0.25) is 15.2 Å². The standard InChI is InChI=1S/C19H23N5OS/c1-11-6-12(2)17(13(3)7-11)22-18(25)16-10-21-19(26-16)23-24-14(4)8-20-9-15(24)5/h6-10,20H,1-5H3,(H,21,23)(H,22,25). The second kappa shape index (κ2) is 7.21. The Morgan fingerprint density at radius 2 is 1.69 bits per heavy atom. The van der Waals surface area contributed by atoms with E-state index in [0.29, 0.717) is 10.0 Å². The van der Waals surface area contributed by atoms with Gasteiger partial charge in [-0.2, -0.15) is 0 Å². The number of hydrogen-bond acceptors (Lipinski definition) is 6. The molecule has 1 aromatic heterocycles. The van der Waals surface area contributed by atoms with Crippen molar-refractivity contribution >= 4 is 28.1 Å². The average Bonchev–Trinajstić information content (AvgIpc) is 3.03. The molecule has 3 rings (SSSR count). The first-order valence-corrected chi connectivity index (χ1v) is 9.18. The molecule has 1 aliphatic heterocycles. The highest BCUT2D eigenvalue weighted by molar-refractivity contribution is 7.17. The van der Waals surface area contributed by atoms with Crippen molar-refractivity contribution in [3.8, 4) is 0 Å². The van der Waals surface area contributed by atoms with Crippen LogP contribution in [0.3, 0.4) is 0 Å². The number of aryl methyl sites for hydroxylation is 3. The number of nitrogens with zero attached hydrogens (tertiary/aromatic N) is 2. The number of benzene rings is 1. The summed E-state index contributed by atoms with van der Waals surface area (Å²) in [5, 5.41) is 8.68. The predicted octanol–water partition coefficient (Wildman–Crippen LogP) is 4.28. The number of allylic oxidation sites excluding steroid dienone is 2. The van der Waals surface area contributed by atoms with Gasteiger partial charge in [0.25, 0.3) is 5.91 Å². The molecule has 0 spiro atoms. The van der Waals surface area contributed by atoms with E-state index in [1.165, 1.54) is 16.9 Å². The number of thiazole rings is 1. The summed E-state index contributed by atoms with van der Waals surface area (Å²) in [4.78, 5) is 17.5. The predicted molar refractivity (Wildman–Crippen MR) is 107 cm³/mol. The number of hydrazine groups is 1. The average molecular weight is 369 g/mol. The number of hydrogen-bond donors (Lipinski definition) is 3. The van der Waals surface area contributed by atoms with Crippen molar-refractivity contribution < 1.29 is 4.79 Å². The molecule has 1 aromatic carbocycles. The summed E-state index contributed by atoms with van der Waals surface area (Å²) in [5.74, 6) is -0.148. The number of amides is 1. The molecule has 0 atom stereocenters. The van der Waals surface area contributed by atoms with Crippen molar-refractivity contribution in [1.82, 2.24) is 15.3 Å². The molecule has 0 bridgehead atoms. The maximum absolute atomic E-state index is 12.6. The molecule has 0 saturated carbocycles. The van der Waals surface area contributed by atoms with Gasteiger partial charge in [-0.15, -0.1) is 0 Å². The van der Waals surface area contributed by atoms with Crippen LogP contribution in [0.1, 0.15) is 40.2 Å². The van der Waals surface area contributed by atoms with Crippen LogP contribution in [0.2, 0.25) is 0 Å². The third kappa shape index (κ3) is 3.72. The molecule has 0 fully saturated rings. The van der Waals surface area contributed by atoms with E-state index in [4.69, 9.17) is 0 Å². The summed E-state index contributed by atoms with van der Waals surface area (Å²) in [6.07, 6.45) is 5.38. The fourth-order valence-corrected chi connectivity index (χ4v) is 3.65. The van der Waals surface area contributed by atoms with Crippen LogP contribution in [0, 0.1) is 20.8 Å². The van der Waals surface area contributed by atoms with Crippen LogP contribution in [-0.4, -0.2) is 15.9 Å². The van der Waals surface area contributed by atoms with Gasteiger partial charge in [-0.25, -0.2) is 4.98 Å². The second-order valence-electron chi connectivity index (χ2n) is 6.44. The number of anilines is 2. The van der Waals surface area contributed by atoms with E-state index < -0.39 is 0 Å². The maximum atomic E-state index is 12.6. The minimum Gasteiger partial charge on any atom is -0.365 e. The highest BCUT2D eigenvalue weighted by Crippen LogP contribution is 2.26. The maximum Gasteiger partial charge on any atom is 0.267 e. The molecule has 136 valence electrons. The van der Waals surface area contributed by atoms with Crippen molar-refractivity contribution in [2.24, 2.45) is 0 Å². The second-order valence-corrected chi connectivity index (χ2v) is 7.47. The van der Waals surface area contributed by atoms with Gasteiger partial charge >= 0.3 is 0 Å². The highest BCUT2D eigenvalue weighted by Gasteiger charge is 2.16. The van der Waals surface area contributed by atoms with E-state index in [1.54, 1.807) is 6.20 Å². The van der Waals surface area contributed by atoms with E-state index in [1.807, 2.05) is 45.1 Å². The lowest BCUT2D eigenvalue weighted by atomic mass is 10.1. The number of aromatic nitrogens is 1. The molecule has 0 unspecified atom stereocenters. The number of carbonyl (C=O) groups excluding carboxylic acids is 1. The van der Waals surface area contributed by atoms with Crippen molar-refractivity contribution in [1.29, 1.82) is 0 Å². The third-order valence-electron chi connectivity index (χ3n) is 4.14.